The third kappa shape index (κ3) is 3.94. The largest absolute Gasteiger partial charge is 0.488 e. The molecule has 0 saturated heterocycles. The number of terminal acetylenes is 1. The molecule has 1 radical (unpaired) electrons. The zero-order valence-electron chi connectivity index (χ0n) is 10.8. The molecule has 0 saturated carbocycles. The number of nitriles is 1. The molecule has 2 nitrogen and oxygen atoms in total. The molecule has 0 aliphatic rings. The second-order valence-corrected chi connectivity index (χ2v) is 3.74. The monoisotopic (exact) mass is 240 g/mol. The van der Waals surface area contributed by atoms with Crippen LogP contribution in [0.3, 0.4) is 0 Å². The Hall–Kier alpha value is -2.11. The summed E-state index contributed by atoms with van der Waals surface area (Å²) in [5.74, 6) is 3.28. The van der Waals surface area contributed by atoms with Crippen LogP contribution in [0, 0.1) is 23.7 Å². The first-order valence-corrected chi connectivity index (χ1v) is 5.51. The fourth-order valence-corrected chi connectivity index (χ4v) is 1.55. The molecule has 0 bridgehead atoms. The molecule has 0 aliphatic carbocycles. The molecule has 0 aromatic heterocycles. The van der Waals surface area contributed by atoms with Crippen molar-refractivity contribution in [1.82, 2.24) is 0 Å². The molecule has 0 spiro atoms. The summed E-state index contributed by atoms with van der Waals surface area (Å²) in [6, 6.07) is 16.8. The van der Waals surface area contributed by atoms with Crippen LogP contribution in [0.1, 0.15) is 16.7 Å². The second-order valence-electron chi connectivity index (χ2n) is 3.74. The summed E-state index contributed by atoms with van der Waals surface area (Å²) >= 11 is 0. The Bertz CT molecular complexity index is 620. The van der Waals surface area contributed by atoms with Crippen LogP contribution in [0.5, 0.6) is 5.75 Å². The first-order chi connectivity index (χ1) is 8.83. The van der Waals surface area contributed by atoms with Crippen molar-refractivity contribution in [3.8, 4) is 24.2 Å². The van der Waals surface area contributed by atoms with Gasteiger partial charge in [-0.3, -0.25) is 0 Å². The Balaban J connectivity index is 0.00000180. The Morgan fingerprint density at radius 1 is 1.05 bits per heavy atom. The molecule has 0 atom stereocenters. The van der Waals surface area contributed by atoms with Gasteiger partial charge in [0, 0.05) is 18.9 Å². The number of benzene rings is 2. The Kier molecular flexibility index (Phi) is 5.78. The van der Waals surface area contributed by atoms with Crippen molar-refractivity contribution in [2.45, 2.75) is 6.61 Å². The Morgan fingerprint density at radius 3 is 2.37 bits per heavy atom. The fourth-order valence-electron chi connectivity index (χ4n) is 1.55. The van der Waals surface area contributed by atoms with Gasteiger partial charge in [0.05, 0.1) is 17.2 Å². The van der Waals surface area contributed by atoms with E-state index in [1.54, 1.807) is 12.1 Å². The molecule has 0 amide bonds. The second kappa shape index (κ2) is 7.35. The van der Waals surface area contributed by atoms with Gasteiger partial charge in [0.2, 0.25) is 0 Å². The molecule has 3 heteroatoms. The summed E-state index contributed by atoms with van der Waals surface area (Å²) in [5, 5.41) is 8.70. The fraction of sp³-hybridized carbons (Fsp3) is 0.0625. The molecular formula is C16H11LiNO. The van der Waals surface area contributed by atoms with Gasteiger partial charge in [-0.15, -0.1) is 6.42 Å². The zero-order valence-corrected chi connectivity index (χ0v) is 10.8. The number of hydrogen-bond donors (Lipinski definition) is 0. The van der Waals surface area contributed by atoms with Crippen LogP contribution < -0.4 is 4.74 Å². The van der Waals surface area contributed by atoms with E-state index < -0.39 is 0 Å². The number of para-hydroxylation sites is 1. The maximum atomic E-state index is 8.70. The van der Waals surface area contributed by atoms with E-state index in [2.05, 4.69) is 12.0 Å². The third-order valence-electron chi connectivity index (χ3n) is 2.52. The van der Waals surface area contributed by atoms with E-state index in [1.807, 2.05) is 36.4 Å². The smallest absolute Gasteiger partial charge is 0.135 e. The van der Waals surface area contributed by atoms with Gasteiger partial charge < -0.3 is 4.74 Å². The molecule has 19 heavy (non-hydrogen) atoms. The van der Waals surface area contributed by atoms with E-state index in [-0.39, 0.29) is 18.9 Å². The molecule has 87 valence electrons. The maximum Gasteiger partial charge on any atom is 0.135 e. The van der Waals surface area contributed by atoms with Crippen LogP contribution in [0.25, 0.3) is 0 Å². The maximum absolute atomic E-state index is 8.70. The predicted octanol–water partition coefficient (Wildman–Crippen LogP) is 2.74. The van der Waals surface area contributed by atoms with Crippen LogP contribution in [0.15, 0.2) is 48.5 Å². The van der Waals surface area contributed by atoms with E-state index in [9.17, 15) is 0 Å². The summed E-state index contributed by atoms with van der Waals surface area (Å²) in [6.45, 7) is 0.435. The van der Waals surface area contributed by atoms with Crippen molar-refractivity contribution in [1.29, 1.82) is 5.26 Å². The number of hydrogen-bond acceptors (Lipinski definition) is 2. The first-order valence-electron chi connectivity index (χ1n) is 5.51. The molecule has 0 unspecified atom stereocenters. The average Bonchev–Trinajstić information content (AvgIpc) is 2.46. The molecule has 0 aliphatic heterocycles. The van der Waals surface area contributed by atoms with Crippen LogP contribution in [0.4, 0.5) is 0 Å². The molecule has 0 N–H and O–H groups in total. The van der Waals surface area contributed by atoms with Crippen molar-refractivity contribution >= 4 is 18.9 Å². The Morgan fingerprint density at radius 2 is 1.74 bits per heavy atom. The molecule has 2 aromatic rings. The Labute approximate surface area is 125 Å². The van der Waals surface area contributed by atoms with Crippen molar-refractivity contribution in [2.24, 2.45) is 0 Å². The van der Waals surface area contributed by atoms with Gasteiger partial charge in [0.25, 0.3) is 0 Å². The SMILES string of the molecule is C#Cc1ccccc1OCc1ccc(C#N)cc1.[Li]. The topological polar surface area (TPSA) is 33.0 Å². The normalized spacial score (nSPS) is 8.74. The number of rotatable bonds is 3. The molecule has 2 aromatic carbocycles. The average molecular weight is 240 g/mol. The van der Waals surface area contributed by atoms with Crippen LogP contribution in [-0.2, 0) is 6.61 Å². The van der Waals surface area contributed by atoms with Crippen molar-refractivity contribution in [3.05, 3.63) is 65.2 Å². The summed E-state index contributed by atoms with van der Waals surface area (Å²) in [4.78, 5) is 0. The molecular weight excluding hydrogens is 229 g/mol. The van der Waals surface area contributed by atoms with Gasteiger partial charge in [-0.05, 0) is 29.8 Å². The van der Waals surface area contributed by atoms with Gasteiger partial charge in [-0.2, -0.15) is 5.26 Å². The van der Waals surface area contributed by atoms with E-state index in [0.29, 0.717) is 17.9 Å². The van der Waals surface area contributed by atoms with Crippen LogP contribution >= 0.6 is 0 Å². The van der Waals surface area contributed by atoms with E-state index >= 15 is 0 Å². The van der Waals surface area contributed by atoms with Gasteiger partial charge in [0.1, 0.15) is 12.4 Å². The van der Waals surface area contributed by atoms with Crippen LogP contribution in [-0.4, -0.2) is 18.9 Å². The predicted molar refractivity (Wildman–Crippen MR) is 75.6 cm³/mol. The summed E-state index contributed by atoms with van der Waals surface area (Å²) in [6.07, 6.45) is 5.39. The van der Waals surface area contributed by atoms with E-state index in [0.717, 1.165) is 11.1 Å². The first kappa shape index (κ1) is 14.9. The third-order valence-corrected chi connectivity index (χ3v) is 2.52. The van der Waals surface area contributed by atoms with Gasteiger partial charge >= 0.3 is 0 Å². The van der Waals surface area contributed by atoms with E-state index in [4.69, 9.17) is 16.4 Å². The van der Waals surface area contributed by atoms with Gasteiger partial charge in [-0.1, -0.05) is 30.2 Å². The minimum atomic E-state index is 0. The van der Waals surface area contributed by atoms with Crippen molar-refractivity contribution < 1.29 is 4.74 Å². The number of nitrogens with zero attached hydrogens (tertiary/aromatic N) is 1. The minimum Gasteiger partial charge on any atom is -0.488 e. The summed E-state index contributed by atoms with van der Waals surface area (Å²) in [5.41, 5.74) is 2.38. The quantitative estimate of drug-likeness (QED) is 0.610. The minimum absolute atomic E-state index is 0. The molecule has 0 heterocycles. The molecule has 0 fully saturated rings. The van der Waals surface area contributed by atoms with Crippen LogP contribution in [0.2, 0.25) is 0 Å². The summed E-state index contributed by atoms with van der Waals surface area (Å²) < 4.78 is 5.66. The van der Waals surface area contributed by atoms with Gasteiger partial charge in [0.15, 0.2) is 0 Å². The molecule has 2 rings (SSSR count). The summed E-state index contributed by atoms with van der Waals surface area (Å²) in [7, 11) is 0. The zero-order chi connectivity index (χ0) is 12.8. The standard InChI is InChI=1S/C16H11NO.Li/c1-2-15-5-3-4-6-16(15)18-12-14-9-7-13(11-17)8-10-14;/h1,3-10H,12H2;. The van der Waals surface area contributed by atoms with Gasteiger partial charge in [-0.25, -0.2) is 0 Å². The van der Waals surface area contributed by atoms with Crippen molar-refractivity contribution in [2.75, 3.05) is 0 Å². The number of ether oxygens (including phenoxy) is 1. The van der Waals surface area contributed by atoms with E-state index in [1.165, 1.54) is 0 Å². The van der Waals surface area contributed by atoms with Crippen molar-refractivity contribution in [3.63, 3.8) is 0 Å².